The van der Waals surface area contributed by atoms with Crippen molar-refractivity contribution in [3.8, 4) is 11.5 Å². The van der Waals surface area contributed by atoms with Crippen molar-refractivity contribution >= 4 is 11.9 Å². The monoisotopic (exact) mass is 351 g/mol. The molecule has 1 aliphatic heterocycles. The van der Waals surface area contributed by atoms with Gasteiger partial charge in [-0.05, 0) is 38.0 Å². The molecule has 0 bridgehead atoms. The first kappa shape index (κ1) is 19.1. The number of benzene rings is 1. The van der Waals surface area contributed by atoms with Gasteiger partial charge in [-0.15, -0.1) is 0 Å². The Balaban J connectivity index is 2.23. The lowest BCUT2D eigenvalue weighted by atomic mass is 10.0. The third kappa shape index (κ3) is 5.09. The van der Waals surface area contributed by atoms with Gasteiger partial charge in [0.1, 0.15) is 0 Å². The van der Waals surface area contributed by atoms with Gasteiger partial charge >= 0.3 is 5.97 Å². The molecule has 0 unspecified atom stereocenters. The summed E-state index contributed by atoms with van der Waals surface area (Å²) in [7, 11) is 1.52. The maximum absolute atomic E-state index is 13.0. The number of hydrogen-bond acceptors (Lipinski definition) is 5. The van der Waals surface area contributed by atoms with E-state index in [1.807, 2.05) is 6.92 Å². The molecule has 25 heavy (non-hydrogen) atoms. The fourth-order valence-electron chi connectivity index (χ4n) is 2.90. The van der Waals surface area contributed by atoms with Crippen LogP contribution in [0, 0.1) is 0 Å². The van der Waals surface area contributed by atoms with Crippen LogP contribution >= 0.6 is 0 Å². The first-order chi connectivity index (χ1) is 12.1. The van der Waals surface area contributed by atoms with Gasteiger partial charge in [-0.3, -0.25) is 9.59 Å². The topological polar surface area (TPSA) is 85.3 Å². The van der Waals surface area contributed by atoms with Crippen molar-refractivity contribution in [2.45, 2.75) is 32.2 Å². The molecule has 1 heterocycles. The van der Waals surface area contributed by atoms with Crippen molar-refractivity contribution in [2.75, 3.05) is 33.5 Å². The summed E-state index contributed by atoms with van der Waals surface area (Å²) in [6.07, 6.45) is 1.33. The quantitative estimate of drug-likeness (QED) is 0.773. The summed E-state index contributed by atoms with van der Waals surface area (Å²) < 4.78 is 16.1. The van der Waals surface area contributed by atoms with Crippen molar-refractivity contribution < 1.29 is 28.9 Å². The smallest absolute Gasteiger partial charge is 0.305 e. The molecule has 1 aromatic carbocycles. The average molecular weight is 351 g/mol. The molecule has 1 saturated heterocycles. The zero-order valence-corrected chi connectivity index (χ0v) is 14.7. The number of methoxy groups -OCH3 is 1. The molecule has 0 radical (unpaired) electrons. The molecule has 0 aromatic heterocycles. The van der Waals surface area contributed by atoms with Gasteiger partial charge < -0.3 is 24.2 Å². The van der Waals surface area contributed by atoms with Crippen molar-refractivity contribution in [3.05, 3.63) is 23.8 Å². The predicted octanol–water partition coefficient (Wildman–Crippen LogP) is 2.19. The van der Waals surface area contributed by atoms with E-state index in [0.29, 0.717) is 49.7 Å². The summed E-state index contributed by atoms with van der Waals surface area (Å²) in [6, 6.07) is 5.01. The Morgan fingerprint density at radius 2 is 2.00 bits per heavy atom. The van der Waals surface area contributed by atoms with Crippen molar-refractivity contribution in [1.82, 2.24) is 4.90 Å². The molecular formula is C18H25NO6. The number of amides is 1. The predicted molar refractivity (Wildman–Crippen MR) is 91.3 cm³/mol. The summed E-state index contributed by atoms with van der Waals surface area (Å²) in [5.74, 6) is -0.0637. The van der Waals surface area contributed by atoms with Gasteiger partial charge in [0.2, 0.25) is 0 Å². The van der Waals surface area contributed by atoms with Gasteiger partial charge in [0.05, 0.1) is 20.1 Å². The van der Waals surface area contributed by atoms with Crippen LogP contribution in [-0.2, 0) is 9.53 Å². The van der Waals surface area contributed by atoms with E-state index in [2.05, 4.69) is 0 Å². The van der Waals surface area contributed by atoms with E-state index in [-0.39, 0.29) is 24.9 Å². The van der Waals surface area contributed by atoms with Gasteiger partial charge in [-0.25, -0.2) is 0 Å². The fraction of sp³-hybridized carbons (Fsp3) is 0.556. The van der Waals surface area contributed by atoms with Crippen LogP contribution in [0.5, 0.6) is 11.5 Å². The van der Waals surface area contributed by atoms with Crippen LogP contribution in [0.1, 0.15) is 36.5 Å². The second-order valence-corrected chi connectivity index (χ2v) is 5.78. The highest BCUT2D eigenvalue weighted by Crippen LogP contribution is 2.29. The summed E-state index contributed by atoms with van der Waals surface area (Å²) >= 11 is 0. The Morgan fingerprint density at radius 1 is 1.28 bits per heavy atom. The van der Waals surface area contributed by atoms with E-state index in [0.717, 1.165) is 0 Å². The van der Waals surface area contributed by atoms with Crippen LogP contribution in [0.15, 0.2) is 18.2 Å². The Kier molecular flexibility index (Phi) is 7.06. The molecule has 1 aromatic rings. The highest BCUT2D eigenvalue weighted by molar-refractivity contribution is 5.95. The van der Waals surface area contributed by atoms with Gasteiger partial charge in [0, 0.05) is 31.4 Å². The molecule has 1 fully saturated rings. The Morgan fingerprint density at radius 3 is 2.60 bits per heavy atom. The third-order valence-corrected chi connectivity index (χ3v) is 4.17. The maximum Gasteiger partial charge on any atom is 0.305 e. The standard InChI is InChI=1S/C18H25NO6/c1-3-25-15-5-4-13(12-16(15)23-2)18(22)19(9-6-17(20)21)14-7-10-24-11-8-14/h4-5,12,14H,3,6-11H2,1-2H3,(H,20,21). The number of carboxylic acid groups (broad SMARTS) is 1. The van der Waals surface area contributed by atoms with Gasteiger partial charge in [-0.2, -0.15) is 0 Å². The van der Waals surface area contributed by atoms with E-state index in [9.17, 15) is 9.59 Å². The molecule has 2 rings (SSSR count). The molecule has 0 saturated carbocycles. The number of rotatable bonds is 8. The molecule has 1 N–H and O–H groups in total. The number of hydrogen-bond donors (Lipinski definition) is 1. The van der Waals surface area contributed by atoms with E-state index >= 15 is 0 Å². The van der Waals surface area contributed by atoms with E-state index in [1.54, 1.807) is 23.1 Å². The normalized spacial score (nSPS) is 14.8. The largest absolute Gasteiger partial charge is 0.493 e. The summed E-state index contributed by atoms with van der Waals surface area (Å²) in [4.78, 5) is 25.6. The van der Waals surface area contributed by atoms with Gasteiger partial charge in [0.15, 0.2) is 11.5 Å². The molecule has 1 aliphatic rings. The van der Waals surface area contributed by atoms with Crippen LogP contribution in [0.4, 0.5) is 0 Å². The number of carbonyl (C=O) groups is 2. The van der Waals surface area contributed by atoms with E-state index in [1.165, 1.54) is 7.11 Å². The van der Waals surface area contributed by atoms with Crippen LogP contribution in [0.3, 0.4) is 0 Å². The maximum atomic E-state index is 13.0. The fourth-order valence-corrected chi connectivity index (χ4v) is 2.90. The Bertz CT molecular complexity index is 597. The highest BCUT2D eigenvalue weighted by Gasteiger charge is 2.27. The second-order valence-electron chi connectivity index (χ2n) is 5.78. The molecule has 0 aliphatic carbocycles. The minimum absolute atomic E-state index is 0.0156. The average Bonchev–Trinajstić information content (AvgIpc) is 2.63. The molecular weight excluding hydrogens is 326 g/mol. The van der Waals surface area contributed by atoms with Crippen LogP contribution in [-0.4, -0.2) is 61.4 Å². The number of nitrogens with zero attached hydrogens (tertiary/aromatic N) is 1. The number of carboxylic acids is 1. The van der Waals surface area contributed by atoms with E-state index < -0.39 is 5.97 Å². The lowest BCUT2D eigenvalue weighted by molar-refractivity contribution is -0.137. The lowest BCUT2D eigenvalue weighted by Crippen LogP contribution is -2.44. The minimum Gasteiger partial charge on any atom is -0.493 e. The molecule has 1 amide bonds. The Labute approximate surface area is 147 Å². The van der Waals surface area contributed by atoms with Crippen molar-refractivity contribution in [3.63, 3.8) is 0 Å². The molecule has 7 heteroatoms. The third-order valence-electron chi connectivity index (χ3n) is 4.17. The zero-order chi connectivity index (χ0) is 18.2. The Hall–Kier alpha value is -2.28. The SMILES string of the molecule is CCOc1ccc(C(=O)N(CCC(=O)O)C2CCOCC2)cc1OC. The van der Waals surface area contributed by atoms with Crippen molar-refractivity contribution in [2.24, 2.45) is 0 Å². The molecule has 0 atom stereocenters. The van der Waals surface area contributed by atoms with Gasteiger partial charge in [0.25, 0.3) is 5.91 Å². The number of carbonyl (C=O) groups excluding carboxylic acids is 1. The van der Waals surface area contributed by atoms with Gasteiger partial charge in [-0.1, -0.05) is 0 Å². The first-order valence-electron chi connectivity index (χ1n) is 8.48. The van der Waals surface area contributed by atoms with Crippen molar-refractivity contribution in [1.29, 1.82) is 0 Å². The minimum atomic E-state index is -0.922. The molecule has 138 valence electrons. The highest BCUT2D eigenvalue weighted by atomic mass is 16.5. The molecule has 0 spiro atoms. The molecule has 7 nitrogen and oxygen atoms in total. The summed E-state index contributed by atoms with van der Waals surface area (Å²) in [5, 5.41) is 8.99. The summed E-state index contributed by atoms with van der Waals surface area (Å²) in [6.45, 7) is 3.70. The second kappa shape index (κ2) is 9.27. The van der Waals surface area contributed by atoms with E-state index in [4.69, 9.17) is 19.3 Å². The number of aliphatic carboxylic acids is 1. The van der Waals surface area contributed by atoms with Crippen LogP contribution in [0.25, 0.3) is 0 Å². The van der Waals surface area contributed by atoms with Crippen LogP contribution in [0.2, 0.25) is 0 Å². The zero-order valence-electron chi connectivity index (χ0n) is 14.7. The lowest BCUT2D eigenvalue weighted by Gasteiger charge is -2.34. The summed E-state index contributed by atoms with van der Waals surface area (Å²) in [5.41, 5.74) is 0.456. The van der Waals surface area contributed by atoms with Crippen LogP contribution < -0.4 is 9.47 Å². The number of ether oxygens (including phenoxy) is 3. The first-order valence-corrected chi connectivity index (χ1v) is 8.48.